The first-order chi connectivity index (χ1) is 9.76. The number of nitrogens with two attached hydrogens (primary N) is 1. The van der Waals surface area contributed by atoms with Crippen molar-refractivity contribution in [3.05, 3.63) is 6.33 Å². The lowest BCUT2D eigenvalue weighted by atomic mass is 10.3. The lowest BCUT2D eigenvalue weighted by Gasteiger charge is -2.35. The second-order valence-electron chi connectivity index (χ2n) is 5.09. The third-order valence-electron chi connectivity index (χ3n) is 3.48. The molecule has 6 heteroatoms. The Kier molecular flexibility index (Phi) is 5.40. The van der Waals surface area contributed by atoms with Gasteiger partial charge in [0.15, 0.2) is 5.82 Å². The van der Waals surface area contributed by atoms with Gasteiger partial charge in [0, 0.05) is 26.2 Å². The molecule has 1 aliphatic rings. The van der Waals surface area contributed by atoms with Crippen LogP contribution in [0, 0.1) is 0 Å². The number of rotatable bonds is 6. The summed E-state index contributed by atoms with van der Waals surface area (Å²) in [5.74, 6) is 1.31. The van der Waals surface area contributed by atoms with E-state index in [0.29, 0.717) is 18.2 Å². The fraction of sp³-hybridized carbons (Fsp3) is 0.714. The molecule has 1 aliphatic heterocycles. The van der Waals surface area contributed by atoms with Gasteiger partial charge in [-0.2, -0.15) is 4.98 Å². The van der Waals surface area contributed by atoms with Gasteiger partial charge in [-0.25, -0.2) is 4.98 Å². The molecule has 2 rings (SSSR count). The summed E-state index contributed by atoms with van der Waals surface area (Å²) in [6.07, 6.45) is 3.67. The number of nitrogens with zero attached hydrogens (tertiary/aromatic N) is 4. The van der Waals surface area contributed by atoms with E-state index in [1.807, 2.05) is 0 Å². The molecule has 0 saturated carbocycles. The Morgan fingerprint density at radius 2 is 1.90 bits per heavy atom. The highest BCUT2D eigenvalue weighted by atomic mass is 16.5. The topological polar surface area (TPSA) is 67.5 Å². The molecule has 0 bridgehead atoms. The van der Waals surface area contributed by atoms with Crippen molar-refractivity contribution in [3.63, 3.8) is 0 Å². The first-order valence-electron chi connectivity index (χ1n) is 7.46. The van der Waals surface area contributed by atoms with E-state index in [-0.39, 0.29) is 0 Å². The lowest BCUT2D eigenvalue weighted by molar-refractivity contribution is 0.257. The molecule has 2 heterocycles. The van der Waals surface area contributed by atoms with E-state index in [2.05, 4.69) is 33.6 Å². The summed E-state index contributed by atoms with van der Waals surface area (Å²) in [6.45, 7) is 10.1. The molecule has 0 amide bonds. The summed E-state index contributed by atoms with van der Waals surface area (Å²) in [4.78, 5) is 13.2. The second kappa shape index (κ2) is 7.28. The van der Waals surface area contributed by atoms with Crippen LogP contribution in [0.25, 0.3) is 0 Å². The van der Waals surface area contributed by atoms with Gasteiger partial charge in [0.2, 0.25) is 5.88 Å². The molecule has 1 aromatic rings. The minimum absolute atomic E-state index is 0.507. The van der Waals surface area contributed by atoms with Crippen molar-refractivity contribution in [1.29, 1.82) is 0 Å². The Labute approximate surface area is 120 Å². The third-order valence-corrected chi connectivity index (χ3v) is 3.48. The van der Waals surface area contributed by atoms with Gasteiger partial charge in [0.25, 0.3) is 0 Å². The van der Waals surface area contributed by atoms with Crippen LogP contribution in [0.4, 0.5) is 11.5 Å². The molecular formula is C14H25N5O. The first-order valence-corrected chi connectivity index (χ1v) is 7.46. The van der Waals surface area contributed by atoms with Gasteiger partial charge in [0.05, 0.1) is 6.61 Å². The van der Waals surface area contributed by atoms with Crippen LogP contribution >= 0.6 is 0 Å². The number of piperazine rings is 1. The maximum absolute atomic E-state index is 6.14. The highest BCUT2D eigenvalue weighted by Gasteiger charge is 2.21. The molecule has 0 aliphatic carbocycles. The van der Waals surface area contributed by atoms with Crippen LogP contribution in [0.3, 0.4) is 0 Å². The third kappa shape index (κ3) is 3.50. The molecule has 0 aromatic carbocycles. The molecule has 0 radical (unpaired) electrons. The Balaban J connectivity index is 2.02. The molecule has 1 saturated heterocycles. The van der Waals surface area contributed by atoms with Crippen molar-refractivity contribution in [2.24, 2.45) is 0 Å². The first kappa shape index (κ1) is 14.8. The normalized spacial score (nSPS) is 16.4. The standard InChI is InChI=1S/C14H25N5O/c1-3-5-18-6-8-19(9-7-18)13-12(15)14(17-11-16-13)20-10-4-2/h11H,3-10,15H2,1-2H3. The smallest absolute Gasteiger partial charge is 0.242 e. The van der Waals surface area contributed by atoms with E-state index < -0.39 is 0 Å². The fourth-order valence-electron chi connectivity index (χ4n) is 2.44. The van der Waals surface area contributed by atoms with Gasteiger partial charge < -0.3 is 15.4 Å². The van der Waals surface area contributed by atoms with E-state index in [1.165, 1.54) is 12.7 Å². The molecule has 20 heavy (non-hydrogen) atoms. The van der Waals surface area contributed by atoms with Crippen molar-refractivity contribution in [3.8, 4) is 5.88 Å². The largest absolute Gasteiger partial charge is 0.476 e. The Morgan fingerprint density at radius 3 is 2.55 bits per heavy atom. The van der Waals surface area contributed by atoms with E-state index in [4.69, 9.17) is 10.5 Å². The molecule has 1 aromatic heterocycles. The zero-order valence-corrected chi connectivity index (χ0v) is 12.5. The SMILES string of the molecule is CCCOc1ncnc(N2CCN(CCC)CC2)c1N. The summed E-state index contributed by atoms with van der Waals surface area (Å²) >= 11 is 0. The summed E-state index contributed by atoms with van der Waals surface area (Å²) in [5, 5.41) is 0. The predicted octanol–water partition coefficient (Wildman–Crippen LogP) is 1.38. The molecule has 0 unspecified atom stereocenters. The van der Waals surface area contributed by atoms with Gasteiger partial charge >= 0.3 is 0 Å². The van der Waals surface area contributed by atoms with Gasteiger partial charge in [0.1, 0.15) is 12.0 Å². The molecule has 0 atom stereocenters. The van der Waals surface area contributed by atoms with E-state index in [1.54, 1.807) is 0 Å². The number of anilines is 2. The van der Waals surface area contributed by atoms with Crippen LogP contribution in [-0.2, 0) is 0 Å². The maximum Gasteiger partial charge on any atom is 0.242 e. The van der Waals surface area contributed by atoms with Crippen LogP contribution in [-0.4, -0.2) is 54.2 Å². The maximum atomic E-state index is 6.14. The molecular weight excluding hydrogens is 254 g/mol. The van der Waals surface area contributed by atoms with Crippen molar-refractivity contribution in [2.75, 3.05) is 50.0 Å². The summed E-state index contributed by atoms with van der Waals surface area (Å²) in [7, 11) is 0. The number of ether oxygens (including phenoxy) is 1. The quantitative estimate of drug-likeness (QED) is 0.848. The minimum atomic E-state index is 0.507. The number of hydrogen-bond donors (Lipinski definition) is 1. The van der Waals surface area contributed by atoms with E-state index in [0.717, 1.165) is 45.0 Å². The van der Waals surface area contributed by atoms with E-state index >= 15 is 0 Å². The Bertz CT molecular complexity index is 418. The average molecular weight is 279 g/mol. The monoisotopic (exact) mass is 279 g/mol. The second-order valence-corrected chi connectivity index (χ2v) is 5.09. The highest BCUT2D eigenvalue weighted by molar-refractivity contribution is 5.67. The van der Waals surface area contributed by atoms with Gasteiger partial charge in [-0.15, -0.1) is 0 Å². The van der Waals surface area contributed by atoms with Crippen LogP contribution in [0.15, 0.2) is 6.33 Å². The number of nitrogen functional groups attached to an aromatic ring is 1. The molecule has 1 fully saturated rings. The van der Waals surface area contributed by atoms with Gasteiger partial charge in [-0.1, -0.05) is 13.8 Å². The molecule has 112 valence electrons. The summed E-state index contributed by atoms with van der Waals surface area (Å²) < 4.78 is 5.56. The van der Waals surface area contributed by atoms with Crippen molar-refractivity contribution in [1.82, 2.24) is 14.9 Å². The fourth-order valence-corrected chi connectivity index (χ4v) is 2.44. The summed E-state index contributed by atoms with van der Waals surface area (Å²) in [5.41, 5.74) is 6.70. The van der Waals surface area contributed by atoms with Crippen LogP contribution in [0.2, 0.25) is 0 Å². The van der Waals surface area contributed by atoms with Crippen molar-refractivity contribution < 1.29 is 4.74 Å². The number of hydrogen-bond acceptors (Lipinski definition) is 6. The van der Waals surface area contributed by atoms with Gasteiger partial charge in [-0.05, 0) is 19.4 Å². The van der Waals surface area contributed by atoms with Crippen LogP contribution < -0.4 is 15.4 Å². The number of aromatic nitrogens is 2. The van der Waals surface area contributed by atoms with Gasteiger partial charge in [-0.3, -0.25) is 4.90 Å². The molecule has 0 spiro atoms. The van der Waals surface area contributed by atoms with E-state index in [9.17, 15) is 0 Å². The molecule has 6 nitrogen and oxygen atoms in total. The Hall–Kier alpha value is -1.56. The van der Waals surface area contributed by atoms with Crippen LogP contribution in [0.5, 0.6) is 5.88 Å². The van der Waals surface area contributed by atoms with Crippen molar-refractivity contribution >= 4 is 11.5 Å². The zero-order chi connectivity index (χ0) is 14.4. The molecule has 2 N–H and O–H groups in total. The average Bonchev–Trinajstić information content (AvgIpc) is 2.48. The Morgan fingerprint density at radius 1 is 1.15 bits per heavy atom. The summed E-state index contributed by atoms with van der Waals surface area (Å²) in [6, 6.07) is 0. The van der Waals surface area contributed by atoms with Crippen LogP contribution in [0.1, 0.15) is 26.7 Å². The van der Waals surface area contributed by atoms with Crippen molar-refractivity contribution in [2.45, 2.75) is 26.7 Å². The highest BCUT2D eigenvalue weighted by Crippen LogP contribution is 2.28. The minimum Gasteiger partial charge on any atom is -0.476 e. The predicted molar refractivity (Wildman–Crippen MR) is 81.2 cm³/mol. The lowest BCUT2D eigenvalue weighted by Crippen LogP contribution is -2.47. The zero-order valence-electron chi connectivity index (χ0n) is 12.5.